The van der Waals surface area contributed by atoms with Gasteiger partial charge in [-0.1, -0.05) is 12.1 Å². The molecule has 0 fully saturated rings. The van der Waals surface area contributed by atoms with Crippen LogP contribution in [-0.4, -0.2) is 18.2 Å². The third-order valence-electron chi connectivity index (χ3n) is 3.93. The molecule has 3 rings (SSSR count). The molecular weight excluding hydrogens is 360 g/mol. The Morgan fingerprint density at radius 1 is 1.04 bits per heavy atom. The van der Waals surface area contributed by atoms with Gasteiger partial charge in [0.15, 0.2) is 6.10 Å². The molecule has 6 nitrogen and oxygen atoms in total. The number of rotatable bonds is 6. The van der Waals surface area contributed by atoms with E-state index in [1.54, 1.807) is 45.0 Å². The first-order chi connectivity index (χ1) is 13.3. The van der Waals surface area contributed by atoms with E-state index in [9.17, 15) is 9.59 Å². The number of esters is 1. The standard InChI is InChI=1S/C22H22O6/c1-13(2)26-22(24)15(4)27-17-8-9-18-19(11-17)25-12-20(21(18)23)28-16-7-5-6-14(3)10-16/h5-13,15H,1-4H3/t15-/m0/s1. The minimum Gasteiger partial charge on any atom is -0.479 e. The summed E-state index contributed by atoms with van der Waals surface area (Å²) >= 11 is 0. The second-order valence-corrected chi connectivity index (χ2v) is 6.75. The quantitative estimate of drug-likeness (QED) is 0.580. The van der Waals surface area contributed by atoms with Crippen LogP contribution in [0.1, 0.15) is 26.3 Å². The Bertz CT molecular complexity index is 1050. The number of fused-ring (bicyclic) bond motifs is 1. The van der Waals surface area contributed by atoms with E-state index in [4.69, 9.17) is 18.6 Å². The first kappa shape index (κ1) is 19.5. The molecule has 1 aromatic heterocycles. The van der Waals surface area contributed by atoms with Crippen molar-refractivity contribution in [3.05, 3.63) is 64.5 Å². The van der Waals surface area contributed by atoms with Crippen LogP contribution in [-0.2, 0) is 9.53 Å². The van der Waals surface area contributed by atoms with Gasteiger partial charge in [0, 0.05) is 6.07 Å². The van der Waals surface area contributed by atoms with E-state index in [2.05, 4.69) is 0 Å². The largest absolute Gasteiger partial charge is 0.479 e. The smallest absolute Gasteiger partial charge is 0.347 e. The number of carbonyl (C=O) groups excluding carboxylic acids is 1. The minimum absolute atomic E-state index is 0.0978. The summed E-state index contributed by atoms with van der Waals surface area (Å²) in [4.78, 5) is 24.6. The van der Waals surface area contributed by atoms with E-state index in [0.717, 1.165) is 5.56 Å². The van der Waals surface area contributed by atoms with Crippen molar-refractivity contribution >= 4 is 16.9 Å². The molecule has 0 bridgehead atoms. The van der Waals surface area contributed by atoms with Crippen molar-refractivity contribution in [2.75, 3.05) is 0 Å². The fraction of sp³-hybridized carbons (Fsp3) is 0.273. The van der Waals surface area contributed by atoms with Crippen molar-refractivity contribution in [3.63, 3.8) is 0 Å². The topological polar surface area (TPSA) is 75.0 Å². The van der Waals surface area contributed by atoms with Gasteiger partial charge in [0.05, 0.1) is 11.5 Å². The lowest BCUT2D eigenvalue weighted by molar-refractivity contribution is -0.154. The molecule has 0 spiro atoms. The molecule has 0 saturated heterocycles. The van der Waals surface area contributed by atoms with Gasteiger partial charge in [0.25, 0.3) is 0 Å². The van der Waals surface area contributed by atoms with Gasteiger partial charge in [0.2, 0.25) is 11.2 Å². The van der Waals surface area contributed by atoms with Crippen molar-refractivity contribution in [1.29, 1.82) is 0 Å². The van der Waals surface area contributed by atoms with Gasteiger partial charge in [-0.05, 0) is 57.5 Å². The summed E-state index contributed by atoms with van der Waals surface area (Å²) in [5.74, 6) is 0.597. The highest BCUT2D eigenvalue weighted by Crippen LogP contribution is 2.25. The molecular formula is C22H22O6. The molecule has 1 heterocycles. The van der Waals surface area contributed by atoms with Crippen molar-refractivity contribution in [2.45, 2.75) is 39.9 Å². The Hall–Kier alpha value is -3.28. The number of ether oxygens (including phenoxy) is 3. The molecule has 0 aliphatic carbocycles. The van der Waals surface area contributed by atoms with Gasteiger partial charge < -0.3 is 18.6 Å². The zero-order chi connectivity index (χ0) is 20.3. The summed E-state index contributed by atoms with van der Waals surface area (Å²) < 4.78 is 21.9. The van der Waals surface area contributed by atoms with Crippen LogP contribution in [0.2, 0.25) is 0 Å². The maximum Gasteiger partial charge on any atom is 0.347 e. The number of hydrogen-bond donors (Lipinski definition) is 0. The lowest BCUT2D eigenvalue weighted by atomic mass is 10.2. The summed E-state index contributed by atoms with van der Waals surface area (Å²) in [6.45, 7) is 7.08. The average molecular weight is 382 g/mol. The average Bonchev–Trinajstić information content (AvgIpc) is 2.63. The van der Waals surface area contributed by atoms with Crippen molar-refractivity contribution in [3.8, 4) is 17.2 Å². The SMILES string of the molecule is Cc1cccc(Oc2coc3cc(O[C@@H](C)C(=O)OC(C)C)ccc3c2=O)c1. The van der Waals surface area contributed by atoms with Gasteiger partial charge in [-0.3, -0.25) is 4.79 Å². The van der Waals surface area contributed by atoms with Crippen LogP contribution in [0, 0.1) is 6.92 Å². The molecule has 146 valence electrons. The Balaban J connectivity index is 1.82. The fourth-order valence-corrected chi connectivity index (χ4v) is 2.62. The molecule has 0 N–H and O–H groups in total. The van der Waals surface area contributed by atoms with E-state index < -0.39 is 12.1 Å². The van der Waals surface area contributed by atoms with Gasteiger partial charge in [-0.2, -0.15) is 0 Å². The molecule has 1 atom stereocenters. The number of aryl methyl sites for hydroxylation is 1. The Morgan fingerprint density at radius 3 is 2.54 bits per heavy atom. The highest BCUT2D eigenvalue weighted by molar-refractivity contribution is 5.79. The third kappa shape index (κ3) is 4.52. The number of benzene rings is 2. The van der Waals surface area contributed by atoms with Gasteiger partial charge in [-0.25, -0.2) is 4.79 Å². The Kier molecular flexibility index (Phi) is 5.68. The van der Waals surface area contributed by atoms with Crippen molar-refractivity contribution in [1.82, 2.24) is 0 Å². The predicted molar refractivity (Wildman–Crippen MR) is 105 cm³/mol. The lowest BCUT2D eigenvalue weighted by Gasteiger charge is -2.15. The normalized spacial score (nSPS) is 12.0. The van der Waals surface area contributed by atoms with Crippen LogP contribution in [0.15, 0.2) is 57.9 Å². The van der Waals surface area contributed by atoms with Crippen LogP contribution < -0.4 is 14.9 Å². The summed E-state index contributed by atoms with van der Waals surface area (Å²) in [7, 11) is 0. The Morgan fingerprint density at radius 2 is 1.82 bits per heavy atom. The van der Waals surface area contributed by atoms with Crippen LogP contribution in [0.5, 0.6) is 17.2 Å². The number of carbonyl (C=O) groups is 1. The molecule has 3 aromatic rings. The number of hydrogen-bond acceptors (Lipinski definition) is 6. The maximum atomic E-state index is 12.7. The van der Waals surface area contributed by atoms with Crippen molar-refractivity contribution < 1.29 is 23.4 Å². The molecule has 0 saturated carbocycles. The molecule has 0 aliphatic rings. The second-order valence-electron chi connectivity index (χ2n) is 6.75. The first-order valence-electron chi connectivity index (χ1n) is 9.00. The minimum atomic E-state index is -0.782. The van der Waals surface area contributed by atoms with E-state index in [0.29, 0.717) is 22.5 Å². The summed E-state index contributed by atoms with van der Waals surface area (Å²) in [6.07, 6.45) is 0.267. The van der Waals surface area contributed by atoms with Gasteiger partial charge in [0.1, 0.15) is 23.3 Å². The van der Waals surface area contributed by atoms with Crippen LogP contribution in [0.25, 0.3) is 11.0 Å². The summed E-state index contributed by atoms with van der Waals surface area (Å²) in [5.41, 5.74) is 1.07. The van der Waals surface area contributed by atoms with Crippen molar-refractivity contribution in [2.24, 2.45) is 0 Å². The van der Waals surface area contributed by atoms with E-state index >= 15 is 0 Å². The highest BCUT2D eigenvalue weighted by atomic mass is 16.6. The molecule has 6 heteroatoms. The first-order valence-corrected chi connectivity index (χ1v) is 9.00. The molecule has 0 amide bonds. The summed E-state index contributed by atoms with van der Waals surface area (Å²) in [5, 5.41) is 0.356. The fourth-order valence-electron chi connectivity index (χ4n) is 2.62. The predicted octanol–water partition coefficient (Wildman–Crippen LogP) is 4.61. The zero-order valence-corrected chi connectivity index (χ0v) is 16.2. The van der Waals surface area contributed by atoms with E-state index in [-0.39, 0.29) is 17.3 Å². The summed E-state index contributed by atoms with van der Waals surface area (Å²) in [6, 6.07) is 12.1. The maximum absolute atomic E-state index is 12.7. The van der Waals surface area contributed by atoms with E-state index in [1.165, 1.54) is 6.26 Å². The van der Waals surface area contributed by atoms with Crippen LogP contribution >= 0.6 is 0 Å². The molecule has 0 aliphatic heterocycles. The van der Waals surface area contributed by atoms with Gasteiger partial charge in [-0.15, -0.1) is 0 Å². The molecule has 28 heavy (non-hydrogen) atoms. The monoisotopic (exact) mass is 382 g/mol. The third-order valence-corrected chi connectivity index (χ3v) is 3.93. The lowest BCUT2D eigenvalue weighted by Crippen LogP contribution is -2.28. The van der Waals surface area contributed by atoms with Crippen LogP contribution in [0.3, 0.4) is 0 Å². The molecule has 0 unspecified atom stereocenters. The Labute approximate surface area is 162 Å². The highest BCUT2D eigenvalue weighted by Gasteiger charge is 2.18. The molecule has 0 radical (unpaired) electrons. The van der Waals surface area contributed by atoms with Gasteiger partial charge >= 0.3 is 5.97 Å². The second kappa shape index (κ2) is 8.17. The van der Waals surface area contributed by atoms with Crippen LogP contribution in [0.4, 0.5) is 0 Å². The van der Waals surface area contributed by atoms with E-state index in [1.807, 2.05) is 25.1 Å². The molecule has 2 aromatic carbocycles. The zero-order valence-electron chi connectivity index (χ0n) is 16.2.